The maximum Gasteiger partial charge on any atom is 0.416 e. The third-order valence-corrected chi connectivity index (χ3v) is 5.42. The van der Waals surface area contributed by atoms with Crippen molar-refractivity contribution >= 4 is 17.7 Å². The second-order valence-electron chi connectivity index (χ2n) is 8.44. The predicted octanol–water partition coefficient (Wildman–Crippen LogP) is 2.45. The first-order valence-corrected chi connectivity index (χ1v) is 11.5. The number of aromatic amines is 2. The number of rotatable bonds is 9. The lowest BCUT2D eigenvalue weighted by atomic mass is 10.1. The number of hydrogen-bond acceptors (Lipinski definition) is 9. The Morgan fingerprint density at radius 3 is 2.54 bits per heavy atom. The summed E-state index contributed by atoms with van der Waals surface area (Å²) in [6.45, 7) is 2.03. The maximum atomic E-state index is 13.0. The van der Waals surface area contributed by atoms with Gasteiger partial charge in [0.05, 0.1) is 28.8 Å². The minimum atomic E-state index is -4.48. The lowest BCUT2D eigenvalue weighted by Gasteiger charge is -2.14. The fourth-order valence-corrected chi connectivity index (χ4v) is 3.57. The molecule has 6 N–H and O–H groups in total. The standard InChI is InChI=1S/C24H24F3N9O3/c1-12(32-17(37)11-39-2)9-31-23-29-8-7-15(34-23)18-19(16-10-30-20(28)22(38)33-16)36-21(35-18)13-3-5-14(6-4-13)24(25,26)27/h3-8,10,12H,9,11H2,1-2H3,(H2,28,30)(H,32,37)(H,33,38)(H,35,36)(H,29,31,34)/t12-/m0/s1. The van der Waals surface area contributed by atoms with E-state index in [-0.39, 0.29) is 47.5 Å². The number of amides is 1. The molecule has 1 atom stereocenters. The Morgan fingerprint density at radius 2 is 1.87 bits per heavy atom. The van der Waals surface area contributed by atoms with Crippen LogP contribution >= 0.6 is 0 Å². The average molecular weight is 544 g/mol. The van der Waals surface area contributed by atoms with Crippen LogP contribution in [0.15, 0.2) is 47.5 Å². The van der Waals surface area contributed by atoms with Crippen LogP contribution in [0, 0.1) is 0 Å². The molecule has 12 nitrogen and oxygen atoms in total. The van der Waals surface area contributed by atoms with Crippen LogP contribution in [0.2, 0.25) is 0 Å². The smallest absolute Gasteiger partial charge is 0.379 e. The summed E-state index contributed by atoms with van der Waals surface area (Å²) in [6.07, 6.45) is -1.68. The van der Waals surface area contributed by atoms with Gasteiger partial charge in [-0.1, -0.05) is 12.1 Å². The largest absolute Gasteiger partial charge is 0.416 e. The van der Waals surface area contributed by atoms with Crippen LogP contribution in [-0.2, 0) is 15.7 Å². The Morgan fingerprint density at radius 1 is 1.13 bits per heavy atom. The number of halogens is 3. The van der Waals surface area contributed by atoms with Gasteiger partial charge in [0.25, 0.3) is 5.56 Å². The molecule has 0 unspecified atom stereocenters. The van der Waals surface area contributed by atoms with E-state index in [1.54, 1.807) is 13.0 Å². The Hall–Kier alpha value is -4.79. The van der Waals surface area contributed by atoms with Gasteiger partial charge in [0.15, 0.2) is 5.82 Å². The summed E-state index contributed by atoms with van der Waals surface area (Å²) < 4.78 is 43.9. The molecule has 1 amide bonds. The summed E-state index contributed by atoms with van der Waals surface area (Å²) >= 11 is 0. The van der Waals surface area contributed by atoms with Crippen molar-refractivity contribution in [1.82, 2.24) is 35.2 Å². The molecule has 4 aromatic rings. The van der Waals surface area contributed by atoms with Gasteiger partial charge < -0.3 is 31.1 Å². The second-order valence-corrected chi connectivity index (χ2v) is 8.44. The SMILES string of the molecule is COCC(=O)N[C@@H](C)CNc1nccc(-c2[nH]c(-c3ccc(C(F)(F)F)cc3)nc2-c2cnc(N)c(=O)[nH]2)n1. The second kappa shape index (κ2) is 11.3. The van der Waals surface area contributed by atoms with Crippen molar-refractivity contribution in [2.75, 3.05) is 31.3 Å². The molecule has 0 saturated heterocycles. The zero-order valence-corrected chi connectivity index (χ0v) is 20.8. The molecule has 0 aliphatic carbocycles. The highest BCUT2D eigenvalue weighted by Gasteiger charge is 2.30. The van der Waals surface area contributed by atoms with E-state index in [2.05, 4.69) is 40.5 Å². The Balaban J connectivity index is 1.68. The van der Waals surface area contributed by atoms with Gasteiger partial charge in [-0.05, 0) is 25.1 Å². The Kier molecular flexibility index (Phi) is 7.90. The number of methoxy groups -OCH3 is 1. The topological polar surface area (TPSA) is 177 Å². The van der Waals surface area contributed by atoms with E-state index in [0.717, 1.165) is 12.1 Å². The molecule has 0 radical (unpaired) electrons. The number of aromatic nitrogens is 6. The highest BCUT2D eigenvalue weighted by molar-refractivity contribution is 5.78. The molecule has 0 aliphatic heterocycles. The lowest BCUT2D eigenvalue weighted by molar-refractivity contribution is -0.137. The average Bonchev–Trinajstić information content (AvgIpc) is 3.35. The van der Waals surface area contributed by atoms with Crippen molar-refractivity contribution in [1.29, 1.82) is 0 Å². The minimum Gasteiger partial charge on any atom is -0.379 e. The molecular formula is C24H24F3N9O3. The molecule has 0 bridgehead atoms. The first-order valence-electron chi connectivity index (χ1n) is 11.5. The summed E-state index contributed by atoms with van der Waals surface area (Å²) in [4.78, 5) is 46.6. The number of carbonyl (C=O) groups excluding carboxylic acids is 1. The van der Waals surface area contributed by atoms with Crippen molar-refractivity contribution in [2.45, 2.75) is 19.1 Å². The number of nitrogen functional groups attached to an aromatic ring is 1. The number of H-pyrrole nitrogens is 2. The lowest BCUT2D eigenvalue weighted by Crippen LogP contribution is -2.39. The highest BCUT2D eigenvalue weighted by atomic mass is 19.4. The van der Waals surface area contributed by atoms with Gasteiger partial charge in [0.2, 0.25) is 11.9 Å². The minimum absolute atomic E-state index is 0.0672. The number of ether oxygens (including phenoxy) is 1. The fourth-order valence-electron chi connectivity index (χ4n) is 3.57. The van der Waals surface area contributed by atoms with E-state index >= 15 is 0 Å². The molecule has 4 rings (SSSR count). The van der Waals surface area contributed by atoms with Gasteiger partial charge in [-0.3, -0.25) is 9.59 Å². The molecule has 0 saturated carbocycles. The Labute approximate surface area is 219 Å². The van der Waals surface area contributed by atoms with Crippen molar-refractivity contribution in [3.05, 3.63) is 58.6 Å². The fraction of sp³-hybridized carbons (Fsp3) is 0.250. The van der Waals surface area contributed by atoms with Gasteiger partial charge in [0, 0.05) is 31.5 Å². The van der Waals surface area contributed by atoms with Crippen LogP contribution < -0.4 is 21.9 Å². The van der Waals surface area contributed by atoms with Crippen LogP contribution in [-0.4, -0.2) is 62.1 Å². The van der Waals surface area contributed by atoms with E-state index in [0.29, 0.717) is 23.5 Å². The quantitative estimate of drug-likeness (QED) is 0.212. The first kappa shape index (κ1) is 27.3. The third-order valence-electron chi connectivity index (χ3n) is 5.42. The molecule has 39 heavy (non-hydrogen) atoms. The summed E-state index contributed by atoms with van der Waals surface area (Å²) in [5.74, 6) is -0.0422. The number of imidazole rings is 1. The number of nitrogens with one attached hydrogen (secondary N) is 4. The van der Waals surface area contributed by atoms with Gasteiger partial charge in [0.1, 0.15) is 18.1 Å². The van der Waals surface area contributed by atoms with Crippen molar-refractivity contribution in [3.63, 3.8) is 0 Å². The van der Waals surface area contributed by atoms with Crippen LogP contribution in [0.25, 0.3) is 34.2 Å². The van der Waals surface area contributed by atoms with E-state index < -0.39 is 17.3 Å². The predicted molar refractivity (Wildman–Crippen MR) is 136 cm³/mol. The maximum absolute atomic E-state index is 13.0. The molecule has 1 aromatic carbocycles. The van der Waals surface area contributed by atoms with Crippen LogP contribution in [0.1, 0.15) is 12.5 Å². The van der Waals surface area contributed by atoms with E-state index in [1.807, 2.05) is 0 Å². The first-order chi connectivity index (χ1) is 18.5. The number of alkyl halides is 3. The summed E-state index contributed by atoms with van der Waals surface area (Å²) in [6, 6.07) is 5.79. The van der Waals surface area contributed by atoms with Crippen molar-refractivity contribution in [2.24, 2.45) is 0 Å². The van der Waals surface area contributed by atoms with E-state index in [9.17, 15) is 22.8 Å². The molecule has 3 aromatic heterocycles. The van der Waals surface area contributed by atoms with Gasteiger partial charge in [-0.2, -0.15) is 13.2 Å². The van der Waals surface area contributed by atoms with Gasteiger partial charge >= 0.3 is 6.18 Å². The van der Waals surface area contributed by atoms with Crippen LogP contribution in [0.4, 0.5) is 24.9 Å². The van der Waals surface area contributed by atoms with Gasteiger partial charge in [-0.25, -0.2) is 19.9 Å². The monoisotopic (exact) mass is 543 g/mol. The van der Waals surface area contributed by atoms with E-state index in [1.165, 1.54) is 31.6 Å². The molecular weight excluding hydrogens is 519 g/mol. The molecule has 3 heterocycles. The molecule has 0 aliphatic rings. The number of nitrogens with two attached hydrogens (primary N) is 1. The number of nitrogens with zero attached hydrogens (tertiary/aromatic N) is 4. The molecule has 204 valence electrons. The van der Waals surface area contributed by atoms with Gasteiger partial charge in [-0.15, -0.1) is 0 Å². The normalized spacial score (nSPS) is 12.2. The number of hydrogen-bond donors (Lipinski definition) is 5. The number of benzene rings is 1. The molecule has 0 fully saturated rings. The zero-order valence-electron chi connectivity index (χ0n) is 20.8. The highest BCUT2D eigenvalue weighted by Crippen LogP contribution is 2.33. The van der Waals surface area contributed by atoms with Crippen LogP contribution in [0.3, 0.4) is 0 Å². The Bertz CT molecular complexity index is 1520. The summed E-state index contributed by atoms with van der Waals surface area (Å²) in [5.41, 5.74) is 5.64. The number of anilines is 2. The summed E-state index contributed by atoms with van der Waals surface area (Å²) in [5, 5.41) is 5.78. The molecule has 0 spiro atoms. The number of carbonyl (C=O) groups is 1. The van der Waals surface area contributed by atoms with Crippen LogP contribution in [0.5, 0.6) is 0 Å². The van der Waals surface area contributed by atoms with E-state index in [4.69, 9.17) is 10.5 Å². The van der Waals surface area contributed by atoms with Crippen molar-refractivity contribution < 1.29 is 22.7 Å². The third kappa shape index (κ3) is 6.56. The van der Waals surface area contributed by atoms with Crippen molar-refractivity contribution in [3.8, 4) is 34.2 Å². The summed E-state index contributed by atoms with van der Waals surface area (Å²) in [7, 11) is 1.42. The zero-order chi connectivity index (χ0) is 28.2. The molecule has 15 heteroatoms.